The molecule has 112 valence electrons. The number of aliphatic hydroxyl groups is 1. The van der Waals surface area contributed by atoms with Crippen molar-refractivity contribution < 1.29 is 14.3 Å². The number of rotatable bonds is 5. The molecule has 0 aliphatic carbocycles. The number of nitrogens with zero attached hydrogens (tertiary/aromatic N) is 2. The fourth-order valence-electron chi connectivity index (χ4n) is 1.73. The summed E-state index contributed by atoms with van der Waals surface area (Å²) in [5.41, 5.74) is 0.757. The molecule has 2 amide bonds. The Morgan fingerprint density at radius 1 is 1.48 bits per heavy atom. The van der Waals surface area contributed by atoms with E-state index in [2.05, 4.69) is 15.7 Å². The molecule has 7 heteroatoms. The summed E-state index contributed by atoms with van der Waals surface area (Å²) in [6.45, 7) is 2.02. The molecular formula is C14H17FN4O2. The average molecular weight is 292 g/mol. The predicted molar refractivity (Wildman–Crippen MR) is 76.8 cm³/mol. The Kier molecular flexibility index (Phi) is 4.89. The minimum atomic E-state index is -0.464. The van der Waals surface area contributed by atoms with E-state index in [1.807, 2.05) is 0 Å². The topological polar surface area (TPSA) is 79.2 Å². The van der Waals surface area contributed by atoms with Crippen LogP contribution in [0.4, 0.5) is 14.9 Å². The van der Waals surface area contributed by atoms with E-state index in [0.29, 0.717) is 24.3 Å². The Labute approximate surface area is 121 Å². The molecule has 1 aromatic heterocycles. The van der Waals surface area contributed by atoms with Gasteiger partial charge in [-0.05, 0) is 25.5 Å². The zero-order chi connectivity index (χ0) is 15.2. The maximum absolute atomic E-state index is 13.6. The Morgan fingerprint density at radius 2 is 2.24 bits per heavy atom. The molecule has 1 aromatic carbocycles. The van der Waals surface area contributed by atoms with Crippen molar-refractivity contribution in [3.8, 4) is 5.69 Å². The third-order valence-electron chi connectivity index (χ3n) is 2.79. The maximum Gasteiger partial charge on any atom is 0.319 e. The van der Waals surface area contributed by atoms with Gasteiger partial charge in [0, 0.05) is 6.54 Å². The number of urea groups is 1. The number of amides is 2. The van der Waals surface area contributed by atoms with E-state index in [4.69, 9.17) is 5.11 Å². The highest BCUT2D eigenvalue weighted by Gasteiger charge is 2.08. The molecule has 0 fully saturated rings. The van der Waals surface area contributed by atoms with E-state index in [-0.39, 0.29) is 0 Å². The number of nitrogens with one attached hydrogen (secondary N) is 2. The molecule has 2 rings (SSSR count). The Hall–Kier alpha value is -2.41. The first-order chi connectivity index (χ1) is 10.1. The quantitative estimate of drug-likeness (QED) is 0.787. The second-order valence-electron chi connectivity index (χ2n) is 4.64. The van der Waals surface area contributed by atoms with Crippen molar-refractivity contribution in [3.63, 3.8) is 0 Å². The zero-order valence-electron chi connectivity index (χ0n) is 11.6. The number of halogens is 1. The van der Waals surface area contributed by atoms with Crippen LogP contribution in [0.25, 0.3) is 5.69 Å². The van der Waals surface area contributed by atoms with Gasteiger partial charge in [0.25, 0.3) is 0 Å². The molecule has 0 bridgehead atoms. The van der Waals surface area contributed by atoms with Crippen molar-refractivity contribution in [3.05, 3.63) is 42.5 Å². The highest BCUT2D eigenvalue weighted by Crippen LogP contribution is 2.14. The second-order valence-corrected chi connectivity index (χ2v) is 4.64. The van der Waals surface area contributed by atoms with E-state index in [9.17, 15) is 9.18 Å². The second kappa shape index (κ2) is 6.85. The molecule has 6 nitrogen and oxygen atoms in total. The molecule has 3 N–H and O–H groups in total. The van der Waals surface area contributed by atoms with Gasteiger partial charge in [-0.3, -0.25) is 0 Å². The number of para-hydroxylation sites is 1. The molecule has 1 heterocycles. The summed E-state index contributed by atoms with van der Waals surface area (Å²) in [5.74, 6) is -0.395. The Morgan fingerprint density at radius 3 is 2.95 bits per heavy atom. The molecule has 0 radical (unpaired) electrons. The van der Waals surface area contributed by atoms with Crippen LogP contribution in [0.15, 0.2) is 36.7 Å². The van der Waals surface area contributed by atoms with Gasteiger partial charge in [0.15, 0.2) is 0 Å². The lowest BCUT2D eigenvalue weighted by atomic mass is 10.3. The molecule has 0 saturated heterocycles. The number of aromatic nitrogens is 2. The molecule has 0 aliphatic heterocycles. The van der Waals surface area contributed by atoms with Crippen LogP contribution in [0.1, 0.15) is 13.3 Å². The molecular weight excluding hydrogens is 275 g/mol. The van der Waals surface area contributed by atoms with Crippen LogP contribution in [0, 0.1) is 5.82 Å². The van der Waals surface area contributed by atoms with Gasteiger partial charge in [0.2, 0.25) is 0 Å². The summed E-state index contributed by atoms with van der Waals surface area (Å²) in [5, 5.41) is 18.3. The van der Waals surface area contributed by atoms with Crippen LogP contribution in [0.3, 0.4) is 0 Å². The van der Waals surface area contributed by atoms with Gasteiger partial charge in [-0.1, -0.05) is 12.1 Å². The lowest BCUT2D eigenvalue weighted by Gasteiger charge is -2.07. The van der Waals surface area contributed by atoms with Gasteiger partial charge < -0.3 is 15.7 Å². The van der Waals surface area contributed by atoms with Crippen LogP contribution < -0.4 is 10.6 Å². The lowest BCUT2D eigenvalue weighted by molar-refractivity contribution is 0.184. The van der Waals surface area contributed by atoms with Gasteiger partial charge >= 0.3 is 6.03 Å². The van der Waals surface area contributed by atoms with Crippen molar-refractivity contribution in [2.45, 2.75) is 19.4 Å². The van der Waals surface area contributed by atoms with E-state index in [1.54, 1.807) is 25.1 Å². The number of hydrogen-bond donors (Lipinski definition) is 3. The third-order valence-corrected chi connectivity index (χ3v) is 2.79. The number of carbonyl (C=O) groups excluding carboxylic acids is 1. The first-order valence-electron chi connectivity index (χ1n) is 6.59. The van der Waals surface area contributed by atoms with Crippen molar-refractivity contribution in [1.82, 2.24) is 15.1 Å². The average Bonchev–Trinajstić information content (AvgIpc) is 2.87. The monoisotopic (exact) mass is 292 g/mol. The minimum absolute atomic E-state index is 0.306. The van der Waals surface area contributed by atoms with Crippen molar-refractivity contribution >= 4 is 11.7 Å². The first kappa shape index (κ1) is 15.0. The first-order valence-corrected chi connectivity index (χ1v) is 6.59. The standard InChI is InChI=1S/C14H17FN4O2/c1-10(20)6-7-16-14(21)18-11-8-17-19(9-11)13-5-3-2-4-12(13)15/h2-5,8-10,20H,6-7H2,1H3,(H2,16,18,21). The summed E-state index contributed by atoms with van der Waals surface area (Å²) < 4.78 is 15.0. The van der Waals surface area contributed by atoms with Gasteiger partial charge in [0.1, 0.15) is 11.5 Å². The van der Waals surface area contributed by atoms with E-state index in [0.717, 1.165) is 0 Å². The molecule has 1 atom stereocenters. The van der Waals surface area contributed by atoms with Gasteiger partial charge in [-0.2, -0.15) is 5.10 Å². The summed E-state index contributed by atoms with van der Waals surface area (Å²) in [4.78, 5) is 11.6. The molecule has 0 saturated carbocycles. The molecule has 2 aromatic rings. The Bertz CT molecular complexity index is 613. The summed E-state index contributed by atoms with van der Waals surface area (Å²) in [6.07, 6.45) is 2.96. The normalized spacial score (nSPS) is 12.0. The number of hydrogen-bond acceptors (Lipinski definition) is 3. The van der Waals surface area contributed by atoms with E-state index >= 15 is 0 Å². The molecule has 0 aliphatic rings. The summed E-state index contributed by atoms with van der Waals surface area (Å²) in [6, 6.07) is 5.83. The fourth-order valence-corrected chi connectivity index (χ4v) is 1.73. The van der Waals surface area contributed by atoms with E-state index < -0.39 is 18.0 Å². The number of benzene rings is 1. The fraction of sp³-hybridized carbons (Fsp3) is 0.286. The highest BCUT2D eigenvalue weighted by atomic mass is 19.1. The van der Waals surface area contributed by atoms with Crippen molar-refractivity contribution in [2.24, 2.45) is 0 Å². The number of aliphatic hydroxyl groups excluding tert-OH is 1. The van der Waals surface area contributed by atoms with Gasteiger partial charge in [-0.25, -0.2) is 13.9 Å². The Balaban J connectivity index is 1.94. The summed E-state index contributed by atoms with van der Waals surface area (Å²) >= 11 is 0. The number of carbonyl (C=O) groups is 1. The van der Waals surface area contributed by atoms with Crippen LogP contribution >= 0.6 is 0 Å². The molecule has 21 heavy (non-hydrogen) atoms. The third kappa shape index (κ3) is 4.28. The largest absolute Gasteiger partial charge is 0.393 e. The molecule has 0 spiro atoms. The van der Waals surface area contributed by atoms with Crippen LogP contribution in [-0.2, 0) is 0 Å². The summed E-state index contributed by atoms with van der Waals surface area (Å²) in [7, 11) is 0. The van der Waals surface area contributed by atoms with Crippen molar-refractivity contribution in [1.29, 1.82) is 0 Å². The smallest absolute Gasteiger partial charge is 0.319 e. The van der Waals surface area contributed by atoms with E-state index in [1.165, 1.54) is 23.1 Å². The highest BCUT2D eigenvalue weighted by molar-refractivity contribution is 5.88. The van der Waals surface area contributed by atoms with Crippen molar-refractivity contribution in [2.75, 3.05) is 11.9 Å². The maximum atomic E-state index is 13.6. The van der Waals surface area contributed by atoms with Gasteiger partial charge in [0.05, 0.1) is 24.2 Å². The number of anilines is 1. The van der Waals surface area contributed by atoms with Crippen LogP contribution in [0.2, 0.25) is 0 Å². The minimum Gasteiger partial charge on any atom is -0.393 e. The van der Waals surface area contributed by atoms with Gasteiger partial charge in [-0.15, -0.1) is 0 Å². The SMILES string of the molecule is CC(O)CCNC(=O)Nc1cnn(-c2ccccc2F)c1. The molecule has 1 unspecified atom stereocenters. The lowest BCUT2D eigenvalue weighted by Crippen LogP contribution is -2.30. The van der Waals surface area contributed by atoms with Crippen LogP contribution in [-0.4, -0.2) is 33.6 Å². The zero-order valence-corrected chi connectivity index (χ0v) is 11.6. The van der Waals surface area contributed by atoms with Crippen LogP contribution in [0.5, 0.6) is 0 Å². The predicted octanol–water partition coefficient (Wildman–Crippen LogP) is 1.90.